The summed E-state index contributed by atoms with van der Waals surface area (Å²) in [6, 6.07) is 9.08. The van der Waals surface area contributed by atoms with Crippen molar-refractivity contribution in [2.75, 3.05) is 6.61 Å². The quantitative estimate of drug-likeness (QED) is 0.510. The fourth-order valence-electron chi connectivity index (χ4n) is 2.94. The molecule has 0 saturated heterocycles. The maximum Gasteiger partial charge on any atom is 0.417 e. The molecule has 0 saturated carbocycles. The van der Waals surface area contributed by atoms with Gasteiger partial charge < -0.3 is 9.84 Å². The van der Waals surface area contributed by atoms with Crippen molar-refractivity contribution in [3.8, 4) is 0 Å². The van der Waals surface area contributed by atoms with Crippen molar-refractivity contribution in [1.29, 1.82) is 0 Å². The van der Waals surface area contributed by atoms with Crippen molar-refractivity contribution >= 4 is 36.9 Å². The Morgan fingerprint density at radius 3 is 2.34 bits per heavy atom. The summed E-state index contributed by atoms with van der Waals surface area (Å²) in [4.78, 5) is -0.123. The molecular weight excluding hydrogens is 475 g/mol. The lowest BCUT2D eigenvalue weighted by atomic mass is 10.1. The van der Waals surface area contributed by atoms with Gasteiger partial charge >= 0.3 is 6.18 Å². The van der Waals surface area contributed by atoms with E-state index in [0.717, 1.165) is 11.6 Å². The molecule has 3 aromatic rings. The first-order valence-electron chi connectivity index (χ1n) is 8.50. The van der Waals surface area contributed by atoms with Gasteiger partial charge in [0.05, 0.1) is 21.7 Å². The second-order valence-corrected chi connectivity index (χ2v) is 8.99. The number of aryl methyl sites for hydroxylation is 1. The van der Waals surface area contributed by atoms with E-state index in [1.165, 1.54) is 24.3 Å². The number of benzene rings is 2. The summed E-state index contributed by atoms with van der Waals surface area (Å²) >= 11 is 2.89. The molecule has 0 spiro atoms. The summed E-state index contributed by atoms with van der Waals surface area (Å²) in [5, 5.41) is 10.5. The predicted octanol–water partition coefficient (Wildman–Crippen LogP) is 5.00. The molecule has 1 aromatic heterocycles. The zero-order chi connectivity index (χ0) is 21.6. The van der Waals surface area contributed by atoms with Gasteiger partial charge in [0.15, 0.2) is 6.29 Å². The molecule has 1 atom stereocenters. The summed E-state index contributed by atoms with van der Waals surface area (Å²) in [6.45, 7) is 3.45. The van der Waals surface area contributed by atoms with E-state index in [1.54, 1.807) is 26.0 Å². The van der Waals surface area contributed by atoms with E-state index in [1.807, 2.05) is 0 Å². The van der Waals surface area contributed by atoms with E-state index in [2.05, 4.69) is 15.9 Å². The summed E-state index contributed by atoms with van der Waals surface area (Å²) in [6.07, 6.45) is -6.34. The van der Waals surface area contributed by atoms with Gasteiger partial charge in [0.25, 0.3) is 10.0 Å². The average molecular weight is 492 g/mol. The zero-order valence-corrected chi connectivity index (χ0v) is 17.8. The normalized spacial score (nSPS) is 13.8. The topological polar surface area (TPSA) is 68.5 Å². The number of hydrogen-bond acceptors (Lipinski definition) is 4. The van der Waals surface area contributed by atoms with Crippen molar-refractivity contribution < 1.29 is 31.4 Å². The van der Waals surface area contributed by atoms with Crippen molar-refractivity contribution in [3.05, 3.63) is 63.8 Å². The highest BCUT2D eigenvalue weighted by Crippen LogP contribution is 2.39. The van der Waals surface area contributed by atoms with E-state index in [9.17, 15) is 26.7 Å². The SMILES string of the molecule is CCOC(O)c1cc2cc(Br)c(C(F)(F)F)cc2n1S(=O)(=O)c1ccc(C)cc1. The van der Waals surface area contributed by atoms with Crippen molar-refractivity contribution in [2.24, 2.45) is 0 Å². The van der Waals surface area contributed by atoms with Gasteiger partial charge in [-0.1, -0.05) is 33.6 Å². The molecule has 29 heavy (non-hydrogen) atoms. The van der Waals surface area contributed by atoms with Crippen LogP contribution in [0.5, 0.6) is 0 Å². The number of aliphatic hydroxyl groups is 1. The number of hydrogen-bond donors (Lipinski definition) is 1. The molecule has 1 N–H and O–H groups in total. The lowest BCUT2D eigenvalue weighted by Crippen LogP contribution is -2.19. The van der Waals surface area contributed by atoms with Crippen LogP contribution in [0, 0.1) is 6.92 Å². The van der Waals surface area contributed by atoms with Crippen LogP contribution < -0.4 is 0 Å². The van der Waals surface area contributed by atoms with Crippen LogP contribution >= 0.6 is 15.9 Å². The van der Waals surface area contributed by atoms with Gasteiger partial charge in [-0.05, 0) is 44.2 Å². The van der Waals surface area contributed by atoms with Crippen LogP contribution in [0.25, 0.3) is 10.9 Å². The zero-order valence-electron chi connectivity index (χ0n) is 15.4. The standard InChI is InChI=1S/C19H17BrF3NO4S/c1-3-28-18(25)17-9-12-8-15(20)14(19(21,22)23)10-16(12)24(17)29(26,27)13-6-4-11(2)5-7-13/h4-10,18,25H,3H2,1-2H3. The number of fused-ring (bicyclic) bond motifs is 1. The molecule has 0 aliphatic rings. The second-order valence-electron chi connectivity index (χ2n) is 6.35. The van der Waals surface area contributed by atoms with Gasteiger partial charge in [0.2, 0.25) is 0 Å². The molecule has 2 aromatic carbocycles. The molecule has 3 rings (SSSR count). The minimum atomic E-state index is -4.70. The van der Waals surface area contributed by atoms with Crippen molar-refractivity contribution in [1.82, 2.24) is 3.97 Å². The van der Waals surface area contributed by atoms with Crippen LogP contribution in [0.15, 0.2) is 51.8 Å². The van der Waals surface area contributed by atoms with Crippen LogP contribution in [-0.2, 0) is 20.9 Å². The van der Waals surface area contributed by atoms with E-state index in [0.29, 0.717) is 3.97 Å². The molecule has 0 aliphatic carbocycles. The summed E-state index contributed by atoms with van der Waals surface area (Å²) in [5.74, 6) is 0. The van der Waals surface area contributed by atoms with E-state index in [-0.39, 0.29) is 32.6 Å². The number of ether oxygens (including phenoxy) is 1. The van der Waals surface area contributed by atoms with Gasteiger partial charge in [0, 0.05) is 16.5 Å². The number of nitrogens with zero attached hydrogens (tertiary/aromatic N) is 1. The third kappa shape index (κ3) is 4.07. The van der Waals surface area contributed by atoms with Crippen molar-refractivity contribution in [2.45, 2.75) is 31.2 Å². The molecule has 156 valence electrons. The van der Waals surface area contributed by atoms with E-state index < -0.39 is 28.1 Å². The lowest BCUT2D eigenvalue weighted by Gasteiger charge is -2.17. The van der Waals surface area contributed by atoms with Crippen LogP contribution in [0.2, 0.25) is 0 Å². The molecule has 0 bridgehead atoms. The Balaban J connectivity index is 2.37. The first kappa shape index (κ1) is 21.8. The van der Waals surface area contributed by atoms with Crippen LogP contribution in [0.3, 0.4) is 0 Å². The summed E-state index contributed by atoms with van der Waals surface area (Å²) < 4.78 is 72.4. The van der Waals surface area contributed by atoms with Crippen LogP contribution in [0.4, 0.5) is 13.2 Å². The van der Waals surface area contributed by atoms with Crippen molar-refractivity contribution in [3.63, 3.8) is 0 Å². The molecule has 0 aliphatic heterocycles. The Kier molecular flexibility index (Phi) is 5.83. The third-order valence-electron chi connectivity index (χ3n) is 4.32. The summed E-state index contributed by atoms with van der Waals surface area (Å²) in [7, 11) is -4.31. The first-order valence-corrected chi connectivity index (χ1v) is 10.7. The lowest BCUT2D eigenvalue weighted by molar-refractivity contribution is -0.138. The fraction of sp³-hybridized carbons (Fsp3) is 0.263. The minimum absolute atomic E-state index is 0.0742. The van der Waals surface area contributed by atoms with Gasteiger partial charge in [-0.3, -0.25) is 0 Å². The first-order chi connectivity index (χ1) is 13.5. The third-order valence-corrected chi connectivity index (χ3v) is 6.73. The molecule has 1 heterocycles. The van der Waals surface area contributed by atoms with E-state index in [4.69, 9.17) is 4.74 Å². The number of aliphatic hydroxyl groups excluding tert-OH is 1. The van der Waals surface area contributed by atoms with Gasteiger partial charge in [-0.2, -0.15) is 13.2 Å². The molecule has 0 fully saturated rings. The fourth-order valence-corrected chi connectivity index (χ4v) is 5.06. The smallest absolute Gasteiger partial charge is 0.363 e. The number of halogens is 4. The Morgan fingerprint density at radius 1 is 1.17 bits per heavy atom. The number of alkyl halides is 3. The summed E-state index contributed by atoms with van der Waals surface area (Å²) in [5.41, 5.74) is -0.608. The molecule has 10 heteroatoms. The second kappa shape index (κ2) is 7.75. The Bertz CT molecular complexity index is 1150. The Hall–Kier alpha value is -1.88. The Morgan fingerprint density at radius 2 is 1.79 bits per heavy atom. The highest BCUT2D eigenvalue weighted by Gasteiger charge is 2.35. The molecule has 1 unspecified atom stereocenters. The molecule has 0 amide bonds. The highest BCUT2D eigenvalue weighted by molar-refractivity contribution is 9.10. The Labute approximate surface area is 173 Å². The highest BCUT2D eigenvalue weighted by atomic mass is 79.9. The van der Waals surface area contributed by atoms with E-state index >= 15 is 0 Å². The van der Waals surface area contributed by atoms with Gasteiger partial charge in [-0.15, -0.1) is 0 Å². The molecule has 0 radical (unpaired) electrons. The van der Waals surface area contributed by atoms with Crippen LogP contribution in [0.1, 0.15) is 30.0 Å². The molecule has 5 nitrogen and oxygen atoms in total. The number of aromatic nitrogens is 1. The largest absolute Gasteiger partial charge is 0.417 e. The number of rotatable bonds is 5. The monoisotopic (exact) mass is 491 g/mol. The maximum absolute atomic E-state index is 13.4. The molecular formula is C19H17BrF3NO4S. The maximum atomic E-state index is 13.4. The minimum Gasteiger partial charge on any atom is -0.363 e. The predicted molar refractivity (Wildman–Crippen MR) is 105 cm³/mol. The van der Waals surface area contributed by atoms with Gasteiger partial charge in [-0.25, -0.2) is 12.4 Å². The van der Waals surface area contributed by atoms with Crippen LogP contribution in [-0.4, -0.2) is 24.1 Å². The van der Waals surface area contributed by atoms with Gasteiger partial charge in [0.1, 0.15) is 0 Å². The average Bonchev–Trinajstić information content (AvgIpc) is 3.00.